The van der Waals surface area contributed by atoms with Crippen molar-refractivity contribution < 1.29 is 40.6 Å². The van der Waals surface area contributed by atoms with E-state index in [1.165, 1.54) is 36.4 Å². The summed E-state index contributed by atoms with van der Waals surface area (Å²) in [7, 11) is 0. The lowest BCUT2D eigenvalue weighted by Gasteiger charge is -2.11. The van der Waals surface area contributed by atoms with Crippen LogP contribution in [0.15, 0.2) is 72.8 Å². The first-order valence-corrected chi connectivity index (χ1v) is 8.62. The largest absolute Gasteiger partial charge is 0.573 e. The Morgan fingerprint density at radius 2 is 1.16 bits per heavy atom. The first kappa shape index (κ1) is 22.0. The second-order valence-electron chi connectivity index (χ2n) is 6.17. The summed E-state index contributed by atoms with van der Waals surface area (Å²) in [4.78, 5) is 12.2. The Labute approximate surface area is 172 Å². The van der Waals surface area contributed by atoms with Crippen LogP contribution in [0.2, 0.25) is 0 Å². The number of carbonyl (C=O) groups is 1. The van der Waals surface area contributed by atoms with Gasteiger partial charge in [-0.05, 0) is 72.8 Å². The monoisotopic (exact) mass is 441 g/mol. The highest BCUT2D eigenvalue weighted by Crippen LogP contribution is 2.30. The lowest BCUT2D eigenvalue weighted by Crippen LogP contribution is -2.16. The third-order valence-corrected chi connectivity index (χ3v) is 3.88. The number of hydrogen-bond donors (Lipinski definition) is 1. The number of rotatable bonds is 5. The molecule has 0 saturated carbocycles. The second-order valence-corrected chi connectivity index (χ2v) is 6.17. The smallest absolute Gasteiger partial charge is 0.457 e. The molecule has 1 amide bonds. The molecule has 0 heterocycles. The molecule has 0 atom stereocenters. The van der Waals surface area contributed by atoms with E-state index >= 15 is 0 Å². The van der Waals surface area contributed by atoms with Crippen molar-refractivity contribution in [1.29, 1.82) is 0 Å². The molecule has 3 rings (SSSR count). The summed E-state index contributed by atoms with van der Waals surface area (Å²) < 4.78 is 83.5. The zero-order valence-electron chi connectivity index (χ0n) is 15.4. The third kappa shape index (κ3) is 6.39. The number of nitrogens with one attached hydrogen (secondary N) is 1. The SMILES string of the molecule is O=C(Nc1ccc(Oc2ccc(OC(F)(F)F)cc2)cc1)c1ccc(C(F)(F)F)cc1. The van der Waals surface area contributed by atoms with Gasteiger partial charge < -0.3 is 14.8 Å². The van der Waals surface area contributed by atoms with E-state index in [9.17, 15) is 31.1 Å². The van der Waals surface area contributed by atoms with Gasteiger partial charge in [0.1, 0.15) is 17.2 Å². The van der Waals surface area contributed by atoms with Gasteiger partial charge in [-0.15, -0.1) is 13.2 Å². The van der Waals surface area contributed by atoms with E-state index in [4.69, 9.17) is 4.74 Å². The van der Waals surface area contributed by atoms with Crippen molar-refractivity contribution in [3.05, 3.63) is 83.9 Å². The highest BCUT2D eigenvalue weighted by Gasteiger charge is 2.31. The number of anilines is 1. The first-order chi connectivity index (χ1) is 14.5. The maximum atomic E-state index is 12.6. The van der Waals surface area contributed by atoms with Crippen LogP contribution < -0.4 is 14.8 Å². The summed E-state index contributed by atoms with van der Waals surface area (Å²) in [6.45, 7) is 0. The Bertz CT molecular complexity index is 1030. The number of halogens is 6. The predicted octanol–water partition coefficient (Wildman–Crippen LogP) is 6.65. The van der Waals surface area contributed by atoms with E-state index in [0.717, 1.165) is 36.4 Å². The van der Waals surface area contributed by atoms with Gasteiger partial charge in [0.25, 0.3) is 5.91 Å². The Kier molecular flexibility index (Phi) is 6.09. The van der Waals surface area contributed by atoms with Gasteiger partial charge in [0, 0.05) is 11.3 Å². The predicted molar refractivity (Wildman–Crippen MR) is 99.0 cm³/mol. The van der Waals surface area contributed by atoms with Crippen molar-refractivity contribution in [2.75, 3.05) is 5.32 Å². The summed E-state index contributed by atoms with van der Waals surface area (Å²) >= 11 is 0. The number of alkyl halides is 6. The molecule has 3 aromatic carbocycles. The van der Waals surface area contributed by atoms with Gasteiger partial charge >= 0.3 is 12.5 Å². The number of carbonyl (C=O) groups excluding carboxylic acids is 1. The maximum Gasteiger partial charge on any atom is 0.573 e. The van der Waals surface area contributed by atoms with Gasteiger partial charge in [-0.1, -0.05) is 0 Å². The average Bonchev–Trinajstić information content (AvgIpc) is 2.69. The first-order valence-electron chi connectivity index (χ1n) is 8.62. The molecule has 0 unspecified atom stereocenters. The molecule has 0 aromatic heterocycles. The number of hydrogen-bond acceptors (Lipinski definition) is 3. The van der Waals surface area contributed by atoms with Gasteiger partial charge in [0.05, 0.1) is 5.56 Å². The zero-order chi connectivity index (χ0) is 22.6. The molecular formula is C21H13F6NO3. The molecule has 0 aliphatic heterocycles. The Hall–Kier alpha value is -3.69. The molecule has 3 aromatic rings. The summed E-state index contributed by atoms with van der Waals surface area (Å²) in [5, 5.41) is 2.54. The molecule has 0 bridgehead atoms. The summed E-state index contributed by atoms with van der Waals surface area (Å²) in [6, 6.07) is 14.6. The molecule has 31 heavy (non-hydrogen) atoms. The third-order valence-electron chi connectivity index (χ3n) is 3.88. The van der Waals surface area contributed by atoms with Crippen molar-refractivity contribution in [3.8, 4) is 17.2 Å². The number of amides is 1. The van der Waals surface area contributed by atoms with Crippen LogP contribution in [0.25, 0.3) is 0 Å². The minimum Gasteiger partial charge on any atom is -0.457 e. The van der Waals surface area contributed by atoms with Crippen LogP contribution in [0.4, 0.5) is 32.0 Å². The van der Waals surface area contributed by atoms with E-state index in [-0.39, 0.29) is 17.1 Å². The molecule has 4 nitrogen and oxygen atoms in total. The Balaban J connectivity index is 1.59. The van der Waals surface area contributed by atoms with Crippen LogP contribution >= 0.6 is 0 Å². The molecule has 0 aliphatic rings. The maximum absolute atomic E-state index is 12.6. The molecule has 0 fully saturated rings. The quantitative estimate of drug-likeness (QED) is 0.451. The van der Waals surface area contributed by atoms with Gasteiger partial charge in [0.2, 0.25) is 0 Å². The van der Waals surface area contributed by atoms with Crippen molar-refractivity contribution in [3.63, 3.8) is 0 Å². The second kappa shape index (κ2) is 8.58. The molecule has 0 radical (unpaired) electrons. The van der Waals surface area contributed by atoms with Crippen molar-refractivity contribution >= 4 is 11.6 Å². The summed E-state index contributed by atoms with van der Waals surface area (Å²) in [5.41, 5.74) is -0.441. The number of benzene rings is 3. The van der Waals surface area contributed by atoms with Crippen molar-refractivity contribution in [2.24, 2.45) is 0 Å². The molecule has 10 heteroatoms. The fourth-order valence-electron chi connectivity index (χ4n) is 2.47. The van der Waals surface area contributed by atoms with Gasteiger partial charge in [-0.3, -0.25) is 4.79 Å². The fraction of sp³-hybridized carbons (Fsp3) is 0.0952. The van der Waals surface area contributed by atoms with E-state index in [1.807, 2.05) is 0 Å². The van der Waals surface area contributed by atoms with Crippen LogP contribution in [0, 0.1) is 0 Å². The van der Waals surface area contributed by atoms with Crippen molar-refractivity contribution in [2.45, 2.75) is 12.5 Å². The zero-order valence-corrected chi connectivity index (χ0v) is 15.4. The lowest BCUT2D eigenvalue weighted by atomic mass is 10.1. The molecule has 0 aliphatic carbocycles. The van der Waals surface area contributed by atoms with Crippen LogP contribution in [0.1, 0.15) is 15.9 Å². The Morgan fingerprint density at radius 3 is 1.65 bits per heavy atom. The van der Waals surface area contributed by atoms with E-state index in [2.05, 4.69) is 10.1 Å². The highest BCUT2D eigenvalue weighted by molar-refractivity contribution is 6.04. The Morgan fingerprint density at radius 1 is 0.677 bits per heavy atom. The van der Waals surface area contributed by atoms with E-state index in [0.29, 0.717) is 11.4 Å². The topological polar surface area (TPSA) is 47.6 Å². The minimum atomic E-state index is -4.79. The van der Waals surface area contributed by atoms with Crippen molar-refractivity contribution in [1.82, 2.24) is 0 Å². The molecule has 1 N–H and O–H groups in total. The molecular weight excluding hydrogens is 428 g/mol. The summed E-state index contributed by atoms with van der Waals surface area (Å²) in [6.07, 6.45) is -9.28. The average molecular weight is 441 g/mol. The van der Waals surface area contributed by atoms with E-state index < -0.39 is 24.0 Å². The summed E-state index contributed by atoms with van der Waals surface area (Å²) in [5.74, 6) is -0.378. The lowest BCUT2D eigenvalue weighted by molar-refractivity contribution is -0.274. The van der Waals surface area contributed by atoms with Crippen LogP contribution in [-0.4, -0.2) is 12.3 Å². The van der Waals surface area contributed by atoms with Gasteiger partial charge in [-0.25, -0.2) is 0 Å². The van der Waals surface area contributed by atoms with Gasteiger partial charge in [0.15, 0.2) is 0 Å². The van der Waals surface area contributed by atoms with Crippen LogP contribution in [0.5, 0.6) is 17.2 Å². The minimum absolute atomic E-state index is 0.0505. The standard InChI is InChI=1S/C21H13F6NO3/c22-20(23,24)14-3-1-13(2-4-14)19(29)28-15-5-7-16(8-6-15)30-17-9-11-18(12-10-17)31-21(25,26)27/h1-12H,(H,28,29). The highest BCUT2D eigenvalue weighted by atomic mass is 19.4. The van der Waals surface area contributed by atoms with Gasteiger partial charge in [-0.2, -0.15) is 13.2 Å². The molecule has 162 valence electrons. The normalized spacial score (nSPS) is 11.7. The number of ether oxygens (including phenoxy) is 2. The van der Waals surface area contributed by atoms with Crippen LogP contribution in [0.3, 0.4) is 0 Å². The molecule has 0 spiro atoms. The molecule has 0 saturated heterocycles. The van der Waals surface area contributed by atoms with Crippen LogP contribution in [-0.2, 0) is 6.18 Å². The fourth-order valence-corrected chi connectivity index (χ4v) is 2.47. The van der Waals surface area contributed by atoms with E-state index in [1.54, 1.807) is 0 Å².